The highest BCUT2D eigenvalue weighted by Gasteiger charge is 2.58. The number of ketones is 1. The van der Waals surface area contributed by atoms with Crippen molar-refractivity contribution >= 4 is 5.78 Å². The number of aliphatic hydroxyl groups excluding tert-OH is 1. The van der Waals surface area contributed by atoms with Gasteiger partial charge in [-0.1, -0.05) is 6.92 Å². The summed E-state index contributed by atoms with van der Waals surface area (Å²) in [5, 5.41) is 9.17. The van der Waals surface area contributed by atoms with Crippen LogP contribution in [0.25, 0.3) is 0 Å². The van der Waals surface area contributed by atoms with E-state index in [0.29, 0.717) is 12.3 Å². The summed E-state index contributed by atoms with van der Waals surface area (Å²) < 4.78 is 0. The molecule has 2 nitrogen and oxygen atoms in total. The van der Waals surface area contributed by atoms with Gasteiger partial charge >= 0.3 is 0 Å². The van der Waals surface area contributed by atoms with Crippen molar-refractivity contribution in [1.29, 1.82) is 0 Å². The van der Waals surface area contributed by atoms with Crippen LogP contribution in [0.15, 0.2) is 0 Å². The molecule has 0 heterocycles. The molecule has 0 bridgehead atoms. The Morgan fingerprint density at radius 2 is 2.40 bits per heavy atom. The molecular formula is C8H12O2. The topological polar surface area (TPSA) is 37.3 Å². The van der Waals surface area contributed by atoms with Gasteiger partial charge in [-0.05, 0) is 18.8 Å². The van der Waals surface area contributed by atoms with E-state index >= 15 is 0 Å². The molecule has 3 unspecified atom stereocenters. The van der Waals surface area contributed by atoms with Crippen molar-refractivity contribution in [1.82, 2.24) is 0 Å². The van der Waals surface area contributed by atoms with Gasteiger partial charge in [0.1, 0.15) is 5.78 Å². The van der Waals surface area contributed by atoms with Crippen molar-refractivity contribution in [3.8, 4) is 0 Å². The van der Waals surface area contributed by atoms with Crippen molar-refractivity contribution in [2.24, 2.45) is 11.3 Å². The van der Waals surface area contributed by atoms with Gasteiger partial charge in [0.15, 0.2) is 0 Å². The Bertz CT molecular complexity index is 188. The van der Waals surface area contributed by atoms with Crippen LogP contribution in [-0.4, -0.2) is 17.0 Å². The third-order valence-corrected chi connectivity index (χ3v) is 3.03. The number of carbonyl (C=O) groups is 1. The summed E-state index contributed by atoms with van der Waals surface area (Å²) in [5.74, 6) is 0.778. The van der Waals surface area contributed by atoms with Crippen LogP contribution in [0.3, 0.4) is 0 Å². The maximum Gasteiger partial charge on any atom is 0.141 e. The molecule has 1 N–H and O–H groups in total. The molecule has 2 aliphatic carbocycles. The fraction of sp³-hybridized carbons (Fsp3) is 0.875. The highest BCUT2D eigenvalue weighted by atomic mass is 16.3. The van der Waals surface area contributed by atoms with E-state index in [1.54, 1.807) is 0 Å². The highest BCUT2D eigenvalue weighted by Crippen LogP contribution is 2.58. The quantitative estimate of drug-likeness (QED) is 0.538. The van der Waals surface area contributed by atoms with Gasteiger partial charge in [-0.3, -0.25) is 4.79 Å². The van der Waals surface area contributed by atoms with Gasteiger partial charge in [-0.25, -0.2) is 0 Å². The summed E-state index contributed by atoms with van der Waals surface area (Å²) >= 11 is 0. The largest absolute Gasteiger partial charge is 0.393 e. The van der Waals surface area contributed by atoms with Crippen LogP contribution in [0, 0.1) is 11.3 Å². The van der Waals surface area contributed by atoms with Crippen LogP contribution in [0.5, 0.6) is 0 Å². The Kier molecular flexibility index (Phi) is 1.03. The minimum absolute atomic E-state index is 0.0147. The molecule has 0 aromatic rings. The second-order valence-electron chi connectivity index (χ2n) is 3.84. The van der Waals surface area contributed by atoms with Crippen molar-refractivity contribution in [2.45, 2.75) is 32.3 Å². The minimum atomic E-state index is -0.340. The fourth-order valence-electron chi connectivity index (χ4n) is 2.00. The Morgan fingerprint density at radius 3 is 3.00 bits per heavy atom. The second kappa shape index (κ2) is 1.62. The van der Waals surface area contributed by atoms with Gasteiger partial charge in [0.05, 0.1) is 6.10 Å². The summed E-state index contributed by atoms with van der Waals surface area (Å²) in [5.41, 5.74) is -0.0147. The molecule has 2 saturated carbocycles. The first-order chi connectivity index (χ1) is 4.63. The molecule has 0 aliphatic heterocycles. The first kappa shape index (κ1) is 6.35. The number of hydrogen-bond acceptors (Lipinski definition) is 2. The first-order valence-corrected chi connectivity index (χ1v) is 3.84. The van der Waals surface area contributed by atoms with Crippen molar-refractivity contribution < 1.29 is 9.90 Å². The smallest absolute Gasteiger partial charge is 0.141 e. The molecule has 2 rings (SSSR count). The van der Waals surface area contributed by atoms with Gasteiger partial charge < -0.3 is 5.11 Å². The predicted octanol–water partition coefficient (Wildman–Crippen LogP) is 0.736. The summed E-state index contributed by atoms with van der Waals surface area (Å²) in [4.78, 5) is 11.2. The van der Waals surface area contributed by atoms with Crippen molar-refractivity contribution in [3.63, 3.8) is 0 Å². The van der Waals surface area contributed by atoms with Crippen molar-refractivity contribution in [3.05, 3.63) is 0 Å². The number of Topliss-reactive ketones (excluding diaryl/α,β-unsaturated/α-hetero) is 1. The molecule has 0 radical (unpaired) electrons. The number of carbonyl (C=O) groups excluding carboxylic acids is 1. The molecule has 3 atom stereocenters. The van der Waals surface area contributed by atoms with E-state index in [2.05, 4.69) is 0 Å². The fourth-order valence-corrected chi connectivity index (χ4v) is 2.00. The zero-order valence-corrected chi connectivity index (χ0v) is 6.13. The molecule has 0 spiro atoms. The molecule has 0 aromatic carbocycles. The molecular weight excluding hydrogens is 128 g/mol. The zero-order chi connectivity index (χ0) is 7.35. The van der Waals surface area contributed by atoms with Crippen LogP contribution < -0.4 is 0 Å². The van der Waals surface area contributed by atoms with Crippen molar-refractivity contribution in [2.75, 3.05) is 0 Å². The zero-order valence-electron chi connectivity index (χ0n) is 6.13. The Balaban J connectivity index is 2.16. The molecule has 2 aliphatic rings. The lowest BCUT2D eigenvalue weighted by Gasteiger charge is -2.19. The molecule has 0 saturated heterocycles. The average molecular weight is 140 g/mol. The number of hydrogen-bond donors (Lipinski definition) is 1. The summed E-state index contributed by atoms with van der Waals surface area (Å²) in [6, 6.07) is 0. The van der Waals surface area contributed by atoms with Gasteiger partial charge in [0.2, 0.25) is 0 Å². The first-order valence-electron chi connectivity index (χ1n) is 3.84. The number of aliphatic hydroxyl groups is 1. The second-order valence-corrected chi connectivity index (χ2v) is 3.84. The van der Waals surface area contributed by atoms with E-state index in [-0.39, 0.29) is 17.3 Å². The molecule has 0 amide bonds. The van der Waals surface area contributed by atoms with E-state index in [4.69, 9.17) is 0 Å². The molecule has 2 fully saturated rings. The molecule has 2 heteroatoms. The van der Waals surface area contributed by atoms with Gasteiger partial charge in [0, 0.05) is 11.8 Å². The van der Waals surface area contributed by atoms with Crippen LogP contribution in [0.1, 0.15) is 26.2 Å². The van der Waals surface area contributed by atoms with Crippen LogP contribution in [0.4, 0.5) is 0 Å². The highest BCUT2D eigenvalue weighted by molar-refractivity contribution is 5.89. The lowest BCUT2D eigenvalue weighted by Crippen LogP contribution is -2.27. The lowest BCUT2D eigenvalue weighted by atomic mass is 9.87. The van der Waals surface area contributed by atoms with Gasteiger partial charge in [-0.15, -0.1) is 0 Å². The van der Waals surface area contributed by atoms with Crippen LogP contribution in [0.2, 0.25) is 0 Å². The standard InChI is InChI=1S/C8H12O2/c1-8-4-5(8)2-6(9)3-7(8)10/h5-6,9H,2-4H2,1H3. The molecule has 0 aromatic heterocycles. The van der Waals surface area contributed by atoms with Gasteiger partial charge in [0.25, 0.3) is 0 Å². The lowest BCUT2D eigenvalue weighted by molar-refractivity contribution is -0.128. The molecule has 56 valence electrons. The third kappa shape index (κ3) is 0.655. The van der Waals surface area contributed by atoms with E-state index in [1.165, 1.54) is 0 Å². The van der Waals surface area contributed by atoms with E-state index in [9.17, 15) is 9.90 Å². The third-order valence-electron chi connectivity index (χ3n) is 3.03. The van der Waals surface area contributed by atoms with E-state index in [0.717, 1.165) is 12.8 Å². The monoisotopic (exact) mass is 140 g/mol. The summed E-state index contributed by atoms with van der Waals surface area (Å²) in [6.45, 7) is 2.02. The number of rotatable bonds is 0. The summed E-state index contributed by atoms with van der Waals surface area (Å²) in [6.07, 6.45) is 1.92. The van der Waals surface area contributed by atoms with Crippen LogP contribution in [-0.2, 0) is 4.79 Å². The van der Waals surface area contributed by atoms with E-state index < -0.39 is 0 Å². The van der Waals surface area contributed by atoms with Crippen LogP contribution >= 0.6 is 0 Å². The normalized spacial score (nSPS) is 52.4. The SMILES string of the molecule is CC12CC1CC(O)CC2=O. The Labute approximate surface area is 60.2 Å². The van der Waals surface area contributed by atoms with Gasteiger partial charge in [-0.2, -0.15) is 0 Å². The van der Waals surface area contributed by atoms with E-state index in [1.807, 2.05) is 6.92 Å². The summed E-state index contributed by atoms with van der Waals surface area (Å²) in [7, 11) is 0. The maximum absolute atomic E-state index is 11.2. The Hall–Kier alpha value is -0.370. The minimum Gasteiger partial charge on any atom is -0.393 e. The molecule has 10 heavy (non-hydrogen) atoms. The Morgan fingerprint density at radius 1 is 1.70 bits per heavy atom. The maximum atomic E-state index is 11.2. The predicted molar refractivity (Wildman–Crippen MR) is 36.5 cm³/mol. The number of fused-ring (bicyclic) bond motifs is 1. The average Bonchev–Trinajstić information content (AvgIpc) is 2.42.